The molecule has 0 aromatic rings. The lowest BCUT2D eigenvalue weighted by atomic mass is 10.1. The van der Waals surface area contributed by atoms with Crippen molar-refractivity contribution in [3.8, 4) is 0 Å². The summed E-state index contributed by atoms with van der Waals surface area (Å²) in [6, 6.07) is -0.0562. The topological polar surface area (TPSA) is 95.5 Å². The monoisotopic (exact) mass is 240 g/mol. The predicted molar refractivity (Wildman–Crippen MR) is 58.0 cm³/mol. The number of carbonyl (C=O) groups excluding carboxylic acids is 2. The number of carbonyl (C=O) groups is 3. The zero-order valence-corrected chi connectivity index (χ0v) is 9.44. The summed E-state index contributed by atoms with van der Waals surface area (Å²) >= 11 is 0. The molecule has 0 aromatic carbocycles. The molecule has 3 N–H and O–H groups in total. The highest BCUT2D eigenvalue weighted by atomic mass is 16.4. The minimum Gasteiger partial charge on any atom is -0.481 e. The van der Waals surface area contributed by atoms with Crippen molar-refractivity contribution in [1.82, 2.24) is 10.6 Å². The maximum atomic E-state index is 11.8. The van der Waals surface area contributed by atoms with Crippen LogP contribution in [-0.4, -0.2) is 35.5 Å². The molecule has 0 radical (unpaired) electrons. The number of rotatable bonds is 3. The van der Waals surface area contributed by atoms with Crippen molar-refractivity contribution in [2.75, 3.05) is 6.54 Å². The molecule has 1 heterocycles. The molecule has 2 rings (SSSR count). The third kappa shape index (κ3) is 2.75. The van der Waals surface area contributed by atoms with Crippen LogP contribution in [0.2, 0.25) is 0 Å². The van der Waals surface area contributed by atoms with Crippen molar-refractivity contribution in [3.63, 3.8) is 0 Å². The van der Waals surface area contributed by atoms with E-state index in [0.717, 1.165) is 0 Å². The lowest BCUT2D eigenvalue weighted by molar-refractivity contribution is -0.141. The first kappa shape index (κ1) is 11.9. The number of hydrogen-bond donors (Lipinski definition) is 3. The first-order valence-corrected chi connectivity index (χ1v) is 5.86. The molecule has 17 heavy (non-hydrogen) atoms. The largest absolute Gasteiger partial charge is 0.481 e. The van der Waals surface area contributed by atoms with Gasteiger partial charge in [-0.1, -0.05) is 0 Å². The highest BCUT2D eigenvalue weighted by Crippen LogP contribution is 2.26. The summed E-state index contributed by atoms with van der Waals surface area (Å²) in [4.78, 5) is 33.5. The van der Waals surface area contributed by atoms with Crippen LogP contribution in [0.5, 0.6) is 0 Å². The van der Waals surface area contributed by atoms with Crippen LogP contribution in [0.4, 0.5) is 0 Å². The second kappa shape index (κ2) is 4.73. The third-order valence-electron chi connectivity index (χ3n) is 3.48. The van der Waals surface area contributed by atoms with E-state index >= 15 is 0 Å². The molecule has 6 nitrogen and oxygen atoms in total. The predicted octanol–water partition coefficient (Wildman–Crippen LogP) is -0.508. The number of aliphatic carboxylic acids is 1. The Bertz CT molecular complexity index is 355. The Morgan fingerprint density at radius 3 is 2.59 bits per heavy atom. The molecule has 2 aliphatic rings. The molecule has 1 saturated carbocycles. The summed E-state index contributed by atoms with van der Waals surface area (Å²) in [7, 11) is 0. The molecule has 0 bridgehead atoms. The van der Waals surface area contributed by atoms with Crippen molar-refractivity contribution >= 4 is 17.8 Å². The van der Waals surface area contributed by atoms with Crippen LogP contribution in [0.25, 0.3) is 0 Å². The van der Waals surface area contributed by atoms with Crippen molar-refractivity contribution in [2.24, 2.45) is 11.8 Å². The van der Waals surface area contributed by atoms with E-state index in [2.05, 4.69) is 10.6 Å². The van der Waals surface area contributed by atoms with Crippen LogP contribution >= 0.6 is 0 Å². The molecule has 1 unspecified atom stereocenters. The fourth-order valence-corrected chi connectivity index (χ4v) is 2.45. The second-order valence-electron chi connectivity index (χ2n) is 4.76. The lowest BCUT2D eigenvalue weighted by Gasteiger charge is -2.15. The molecule has 3 atom stereocenters. The van der Waals surface area contributed by atoms with Gasteiger partial charge in [-0.15, -0.1) is 0 Å². The smallest absolute Gasteiger partial charge is 0.306 e. The molecule has 94 valence electrons. The molecule has 2 fully saturated rings. The summed E-state index contributed by atoms with van der Waals surface area (Å²) in [6.45, 7) is 0.389. The Labute approximate surface area is 98.8 Å². The highest BCUT2D eigenvalue weighted by molar-refractivity contribution is 5.89. The average molecular weight is 240 g/mol. The van der Waals surface area contributed by atoms with Gasteiger partial charge in [0.1, 0.15) is 0 Å². The van der Waals surface area contributed by atoms with E-state index in [1.54, 1.807) is 0 Å². The molecular weight excluding hydrogens is 224 g/mol. The quantitative estimate of drug-likeness (QED) is 0.619. The van der Waals surface area contributed by atoms with Gasteiger partial charge in [-0.3, -0.25) is 14.4 Å². The molecule has 6 heteroatoms. The van der Waals surface area contributed by atoms with E-state index < -0.39 is 5.97 Å². The van der Waals surface area contributed by atoms with Gasteiger partial charge in [0.15, 0.2) is 0 Å². The number of carboxylic acids is 1. The Morgan fingerprint density at radius 2 is 2.06 bits per heavy atom. The van der Waals surface area contributed by atoms with Gasteiger partial charge in [0.25, 0.3) is 0 Å². The van der Waals surface area contributed by atoms with E-state index in [9.17, 15) is 14.4 Å². The molecule has 2 amide bonds. The van der Waals surface area contributed by atoms with Gasteiger partial charge in [-0.05, 0) is 19.3 Å². The zero-order valence-electron chi connectivity index (χ0n) is 9.44. The minimum absolute atomic E-state index is 0.0562. The molecule has 1 aliphatic heterocycles. The molecule has 0 aromatic heterocycles. The first-order chi connectivity index (χ1) is 8.06. The summed E-state index contributed by atoms with van der Waals surface area (Å²) < 4.78 is 0. The Balaban J connectivity index is 1.80. The number of nitrogens with one attached hydrogen (secondary N) is 2. The Morgan fingerprint density at radius 1 is 1.29 bits per heavy atom. The van der Waals surface area contributed by atoms with Crippen molar-refractivity contribution in [1.29, 1.82) is 0 Å². The van der Waals surface area contributed by atoms with Gasteiger partial charge in [0.05, 0.1) is 11.8 Å². The van der Waals surface area contributed by atoms with Gasteiger partial charge in [-0.25, -0.2) is 0 Å². The third-order valence-corrected chi connectivity index (χ3v) is 3.48. The van der Waals surface area contributed by atoms with Crippen molar-refractivity contribution in [2.45, 2.75) is 31.7 Å². The van der Waals surface area contributed by atoms with Crippen molar-refractivity contribution in [3.05, 3.63) is 0 Å². The van der Waals surface area contributed by atoms with Gasteiger partial charge in [0.2, 0.25) is 11.8 Å². The van der Waals surface area contributed by atoms with E-state index in [0.29, 0.717) is 25.8 Å². The molecule has 1 aliphatic carbocycles. The normalized spacial score (nSPS) is 32.2. The fourth-order valence-electron chi connectivity index (χ4n) is 2.45. The average Bonchev–Trinajstić information content (AvgIpc) is 2.86. The SMILES string of the molecule is O=C1CC(C(=O)N[C@H]2CC[C@@H](C(=O)O)C2)CN1. The van der Waals surface area contributed by atoms with Gasteiger partial charge >= 0.3 is 5.97 Å². The van der Waals surface area contributed by atoms with Crippen LogP contribution < -0.4 is 10.6 Å². The maximum absolute atomic E-state index is 11.8. The van der Waals surface area contributed by atoms with Gasteiger partial charge in [0, 0.05) is 19.0 Å². The fraction of sp³-hybridized carbons (Fsp3) is 0.727. The molecule has 0 spiro atoms. The summed E-state index contributed by atoms with van der Waals surface area (Å²) in [6.07, 6.45) is 2.05. The number of hydrogen-bond acceptors (Lipinski definition) is 3. The van der Waals surface area contributed by atoms with Crippen LogP contribution in [0, 0.1) is 11.8 Å². The number of amides is 2. The summed E-state index contributed by atoms with van der Waals surface area (Å²) in [5, 5.41) is 14.3. The first-order valence-electron chi connectivity index (χ1n) is 5.86. The van der Waals surface area contributed by atoms with Crippen LogP contribution in [0.1, 0.15) is 25.7 Å². The van der Waals surface area contributed by atoms with E-state index in [-0.39, 0.29) is 36.1 Å². The van der Waals surface area contributed by atoms with Gasteiger partial charge < -0.3 is 15.7 Å². The standard InChI is InChI=1S/C11H16N2O4/c14-9-4-7(5-12-9)10(15)13-8-2-1-6(3-8)11(16)17/h6-8H,1-5H2,(H,12,14)(H,13,15)(H,16,17)/t6-,7?,8+/m1/s1. The Hall–Kier alpha value is -1.59. The van der Waals surface area contributed by atoms with Gasteiger partial charge in [-0.2, -0.15) is 0 Å². The zero-order chi connectivity index (χ0) is 12.4. The summed E-state index contributed by atoms with van der Waals surface area (Å²) in [5.41, 5.74) is 0. The van der Waals surface area contributed by atoms with E-state index in [4.69, 9.17) is 5.11 Å². The van der Waals surface area contributed by atoms with E-state index in [1.807, 2.05) is 0 Å². The summed E-state index contributed by atoms with van der Waals surface area (Å²) in [5.74, 6) is -1.67. The Kier molecular flexibility index (Phi) is 3.31. The molecular formula is C11H16N2O4. The lowest BCUT2D eigenvalue weighted by Crippen LogP contribution is -2.38. The van der Waals surface area contributed by atoms with Crippen molar-refractivity contribution < 1.29 is 19.5 Å². The molecule has 1 saturated heterocycles. The van der Waals surface area contributed by atoms with Crippen LogP contribution in [0.15, 0.2) is 0 Å². The van der Waals surface area contributed by atoms with Crippen LogP contribution in [0.3, 0.4) is 0 Å². The van der Waals surface area contributed by atoms with Crippen LogP contribution in [-0.2, 0) is 14.4 Å². The number of carboxylic acid groups (broad SMARTS) is 1. The maximum Gasteiger partial charge on any atom is 0.306 e. The van der Waals surface area contributed by atoms with E-state index in [1.165, 1.54) is 0 Å². The second-order valence-corrected chi connectivity index (χ2v) is 4.76. The minimum atomic E-state index is -0.792. The highest BCUT2D eigenvalue weighted by Gasteiger charge is 2.33.